The first kappa shape index (κ1) is 18.8. The van der Waals surface area contributed by atoms with Crippen LogP contribution in [0, 0.1) is 6.92 Å². The monoisotopic (exact) mass is 425 g/mol. The van der Waals surface area contributed by atoms with Crippen molar-refractivity contribution >= 4 is 34.7 Å². The normalized spacial score (nSPS) is 17.9. The molecule has 3 aromatic rings. The fraction of sp³-hybridized carbons (Fsp3) is 0.348. The van der Waals surface area contributed by atoms with Gasteiger partial charge in [0.1, 0.15) is 5.00 Å². The maximum absolute atomic E-state index is 13.3. The molecule has 1 aliphatic heterocycles. The van der Waals surface area contributed by atoms with Gasteiger partial charge in [-0.2, -0.15) is 0 Å². The zero-order chi connectivity index (χ0) is 20.1. The maximum atomic E-state index is 13.3. The van der Waals surface area contributed by atoms with Gasteiger partial charge in [0.2, 0.25) is 0 Å². The second-order valence-corrected chi connectivity index (χ2v) is 9.51. The van der Waals surface area contributed by atoms with E-state index in [-0.39, 0.29) is 12.1 Å². The Bertz CT molecular complexity index is 1100. The number of halogens is 1. The van der Waals surface area contributed by atoms with Gasteiger partial charge in [-0.15, -0.1) is 11.3 Å². The topological polar surface area (TPSA) is 37.3 Å². The highest BCUT2D eigenvalue weighted by Gasteiger charge is 2.33. The molecule has 0 spiro atoms. The van der Waals surface area contributed by atoms with E-state index in [4.69, 9.17) is 11.6 Å². The van der Waals surface area contributed by atoms with E-state index in [1.807, 2.05) is 41.4 Å². The van der Waals surface area contributed by atoms with Crippen molar-refractivity contribution in [3.05, 3.63) is 68.8 Å². The summed E-state index contributed by atoms with van der Waals surface area (Å²) in [6.45, 7) is 4.72. The van der Waals surface area contributed by atoms with Crippen LogP contribution in [0.5, 0.6) is 0 Å². The molecule has 2 aliphatic rings. The van der Waals surface area contributed by atoms with Gasteiger partial charge < -0.3 is 14.8 Å². The van der Waals surface area contributed by atoms with Crippen LogP contribution in [0.4, 0.5) is 10.5 Å². The molecular weight excluding hydrogens is 402 g/mol. The number of fused-ring (bicyclic) bond motifs is 5. The third-order valence-corrected chi connectivity index (χ3v) is 7.76. The number of hydrogen-bond acceptors (Lipinski definition) is 2. The van der Waals surface area contributed by atoms with Crippen molar-refractivity contribution in [2.24, 2.45) is 0 Å². The van der Waals surface area contributed by atoms with Crippen molar-refractivity contribution in [2.45, 2.75) is 52.1 Å². The lowest BCUT2D eigenvalue weighted by Gasteiger charge is -2.28. The molecule has 1 N–H and O–H groups in total. The second kappa shape index (κ2) is 7.22. The van der Waals surface area contributed by atoms with E-state index in [1.54, 1.807) is 0 Å². The van der Waals surface area contributed by atoms with E-state index < -0.39 is 0 Å². The SMILES string of the molecule is Cc1ccc(NC(=O)N2Cc3c(sc4c3CCCC4)-n3cccc3[C@H]2C)c(Cl)c1. The summed E-state index contributed by atoms with van der Waals surface area (Å²) >= 11 is 8.27. The quantitative estimate of drug-likeness (QED) is 0.475. The molecule has 0 fully saturated rings. The van der Waals surface area contributed by atoms with E-state index in [0.717, 1.165) is 24.1 Å². The van der Waals surface area contributed by atoms with Gasteiger partial charge >= 0.3 is 6.03 Å². The van der Waals surface area contributed by atoms with Crippen LogP contribution in [0.3, 0.4) is 0 Å². The Morgan fingerprint density at radius 2 is 2.03 bits per heavy atom. The van der Waals surface area contributed by atoms with Crippen LogP contribution in [0.2, 0.25) is 5.02 Å². The van der Waals surface area contributed by atoms with Gasteiger partial charge in [0.15, 0.2) is 0 Å². The summed E-state index contributed by atoms with van der Waals surface area (Å²) in [5.74, 6) is 0. The third kappa shape index (κ3) is 3.17. The maximum Gasteiger partial charge on any atom is 0.322 e. The molecule has 3 heterocycles. The molecule has 29 heavy (non-hydrogen) atoms. The number of urea groups is 1. The molecule has 6 heteroatoms. The van der Waals surface area contributed by atoms with Gasteiger partial charge in [-0.3, -0.25) is 0 Å². The molecule has 1 atom stereocenters. The minimum atomic E-state index is -0.111. The number of benzene rings is 1. The van der Waals surface area contributed by atoms with Crippen molar-refractivity contribution in [1.82, 2.24) is 9.47 Å². The van der Waals surface area contributed by atoms with E-state index in [0.29, 0.717) is 17.3 Å². The highest BCUT2D eigenvalue weighted by molar-refractivity contribution is 7.15. The van der Waals surface area contributed by atoms with Crippen LogP contribution in [-0.2, 0) is 19.4 Å². The minimum absolute atomic E-state index is 0.0342. The fourth-order valence-corrected chi connectivity index (χ4v) is 6.20. The lowest BCUT2D eigenvalue weighted by Crippen LogP contribution is -2.36. The van der Waals surface area contributed by atoms with Crippen molar-refractivity contribution in [3.63, 3.8) is 0 Å². The molecule has 1 aliphatic carbocycles. The summed E-state index contributed by atoms with van der Waals surface area (Å²) < 4.78 is 2.29. The number of amides is 2. The number of aryl methyl sites for hydroxylation is 2. The number of aromatic nitrogens is 1. The average Bonchev–Trinajstić information content (AvgIpc) is 3.30. The zero-order valence-electron chi connectivity index (χ0n) is 16.7. The van der Waals surface area contributed by atoms with E-state index in [1.165, 1.54) is 33.8 Å². The van der Waals surface area contributed by atoms with Crippen LogP contribution in [0.15, 0.2) is 36.5 Å². The van der Waals surface area contributed by atoms with E-state index in [2.05, 4.69) is 35.1 Å². The largest absolute Gasteiger partial charge is 0.322 e. The molecule has 2 amide bonds. The van der Waals surface area contributed by atoms with Gasteiger partial charge in [0, 0.05) is 22.3 Å². The van der Waals surface area contributed by atoms with E-state index in [9.17, 15) is 4.79 Å². The molecule has 1 aromatic carbocycles. The first-order chi connectivity index (χ1) is 14.0. The highest BCUT2D eigenvalue weighted by atomic mass is 35.5. The average molecular weight is 426 g/mol. The van der Waals surface area contributed by atoms with Gasteiger partial charge in [-0.25, -0.2) is 4.79 Å². The smallest absolute Gasteiger partial charge is 0.312 e. The lowest BCUT2D eigenvalue weighted by atomic mass is 9.95. The van der Waals surface area contributed by atoms with Gasteiger partial charge in [0.05, 0.1) is 23.3 Å². The Balaban J connectivity index is 1.54. The number of anilines is 1. The third-order valence-electron chi connectivity index (χ3n) is 6.11. The van der Waals surface area contributed by atoms with E-state index >= 15 is 0 Å². The highest BCUT2D eigenvalue weighted by Crippen LogP contribution is 2.42. The van der Waals surface area contributed by atoms with Crippen molar-refractivity contribution < 1.29 is 4.79 Å². The number of carbonyl (C=O) groups is 1. The molecule has 2 aromatic heterocycles. The Kier molecular flexibility index (Phi) is 4.67. The molecule has 0 saturated carbocycles. The summed E-state index contributed by atoms with van der Waals surface area (Å²) in [7, 11) is 0. The summed E-state index contributed by atoms with van der Waals surface area (Å²) in [6.07, 6.45) is 6.90. The number of nitrogens with zero attached hydrogens (tertiary/aromatic N) is 2. The van der Waals surface area contributed by atoms with Gasteiger partial charge in [-0.1, -0.05) is 17.7 Å². The van der Waals surface area contributed by atoms with Gasteiger partial charge in [0.25, 0.3) is 0 Å². The molecule has 150 valence electrons. The van der Waals surface area contributed by atoms with Crippen molar-refractivity contribution in [2.75, 3.05) is 5.32 Å². The predicted molar refractivity (Wildman–Crippen MR) is 119 cm³/mol. The first-order valence-electron chi connectivity index (χ1n) is 10.2. The molecule has 0 radical (unpaired) electrons. The first-order valence-corrected chi connectivity index (χ1v) is 11.4. The van der Waals surface area contributed by atoms with Crippen LogP contribution in [-0.4, -0.2) is 15.5 Å². The van der Waals surface area contributed by atoms with Crippen molar-refractivity contribution in [1.29, 1.82) is 0 Å². The molecule has 0 unspecified atom stereocenters. The number of rotatable bonds is 1. The Morgan fingerprint density at radius 1 is 1.21 bits per heavy atom. The van der Waals surface area contributed by atoms with Crippen LogP contribution < -0.4 is 5.32 Å². The van der Waals surface area contributed by atoms with Crippen LogP contribution >= 0.6 is 22.9 Å². The number of hydrogen-bond donors (Lipinski definition) is 1. The van der Waals surface area contributed by atoms with Crippen molar-refractivity contribution in [3.8, 4) is 5.00 Å². The summed E-state index contributed by atoms with van der Waals surface area (Å²) in [6, 6.07) is 9.77. The Hall–Kier alpha value is -2.24. The molecule has 5 rings (SSSR count). The van der Waals surface area contributed by atoms with Gasteiger partial charge in [-0.05, 0) is 74.9 Å². The minimum Gasteiger partial charge on any atom is -0.312 e. The molecular formula is C23H24ClN3OS. The van der Waals surface area contributed by atoms with Crippen LogP contribution in [0.1, 0.15) is 53.1 Å². The standard InChI is InChI=1S/C23H24ClN3OS/c1-14-9-10-19(18(24)12-14)25-23(28)27-13-17-16-6-3-4-8-21(16)29-22(17)26-11-5-7-20(26)15(27)2/h5,7,9-12,15H,3-4,6,8,13H2,1-2H3,(H,25,28)/t15-/m1/s1. The zero-order valence-corrected chi connectivity index (χ0v) is 18.2. The van der Waals surface area contributed by atoms with Crippen LogP contribution in [0.25, 0.3) is 5.00 Å². The second-order valence-electron chi connectivity index (χ2n) is 8.01. The molecule has 0 bridgehead atoms. The number of nitrogens with one attached hydrogen (secondary N) is 1. The summed E-state index contributed by atoms with van der Waals surface area (Å²) in [4.78, 5) is 16.8. The Morgan fingerprint density at radius 3 is 2.86 bits per heavy atom. The number of thiophene rings is 1. The summed E-state index contributed by atoms with van der Waals surface area (Å²) in [5.41, 5.74) is 5.66. The fourth-order valence-electron chi connectivity index (χ4n) is 4.52. The molecule has 0 saturated heterocycles. The molecule has 4 nitrogen and oxygen atoms in total. The Labute approximate surface area is 180 Å². The summed E-state index contributed by atoms with van der Waals surface area (Å²) in [5, 5.41) is 4.89. The predicted octanol–water partition coefficient (Wildman–Crippen LogP) is 6.49. The number of carbonyl (C=O) groups excluding carboxylic acids is 1. The lowest BCUT2D eigenvalue weighted by molar-refractivity contribution is 0.189.